The Labute approximate surface area is 91.8 Å². The van der Waals surface area contributed by atoms with Crippen LogP contribution in [0.1, 0.15) is 6.42 Å². The van der Waals surface area contributed by atoms with Crippen LogP contribution in [0, 0.1) is 11.3 Å². The number of nitrogens with zero attached hydrogens (tertiary/aromatic N) is 3. The Balaban J connectivity index is 2.26. The van der Waals surface area contributed by atoms with Crippen LogP contribution in [-0.4, -0.2) is 15.9 Å². The maximum absolute atomic E-state index is 11.2. The molecule has 78 valence electrons. The van der Waals surface area contributed by atoms with Gasteiger partial charge in [-0.15, -0.1) is 0 Å². The van der Waals surface area contributed by atoms with Gasteiger partial charge in [0.15, 0.2) is 0 Å². The van der Waals surface area contributed by atoms with E-state index in [4.69, 9.17) is 5.26 Å². The lowest BCUT2D eigenvalue weighted by Gasteiger charge is -2.03. The first-order chi connectivity index (χ1) is 7.79. The molecule has 0 atom stereocenters. The van der Waals surface area contributed by atoms with Gasteiger partial charge in [0.25, 0.3) is 0 Å². The first kappa shape index (κ1) is 10.1. The van der Waals surface area contributed by atoms with Gasteiger partial charge in [0, 0.05) is 18.1 Å². The van der Waals surface area contributed by atoms with Crippen molar-refractivity contribution in [3.63, 3.8) is 0 Å². The van der Waals surface area contributed by atoms with Crippen LogP contribution in [0.5, 0.6) is 0 Å². The van der Waals surface area contributed by atoms with Gasteiger partial charge in [-0.1, -0.05) is 0 Å². The number of carbonyl (C=O) groups is 1. The number of amides is 1. The number of rotatable bonds is 2. The number of benzene rings is 1. The van der Waals surface area contributed by atoms with E-state index in [1.54, 1.807) is 36.7 Å². The molecule has 0 aliphatic rings. The fraction of sp³-hybridized carbons (Fsp3) is 0.0909. The number of anilines is 1. The van der Waals surface area contributed by atoms with Crippen molar-refractivity contribution in [2.45, 2.75) is 6.42 Å². The summed E-state index contributed by atoms with van der Waals surface area (Å²) >= 11 is 0. The van der Waals surface area contributed by atoms with Crippen molar-refractivity contribution in [2.24, 2.45) is 0 Å². The van der Waals surface area contributed by atoms with Crippen LogP contribution in [0.25, 0.3) is 11.0 Å². The van der Waals surface area contributed by atoms with E-state index in [1.807, 2.05) is 0 Å². The fourth-order valence-corrected chi connectivity index (χ4v) is 1.32. The van der Waals surface area contributed by atoms with Gasteiger partial charge in [-0.05, 0) is 18.2 Å². The summed E-state index contributed by atoms with van der Waals surface area (Å²) < 4.78 is 0. The summed E-state index contributed by atoms with van der Waals surface area (Å²) in [5, 5.41) is 11.0. The maximum Gasteiger partial charge on any atom is 0.238 e. The van der Waals surface area contributed by atoms with E-state index in [1.165, 1.54) is 0 Å². The first-order valence-electron chi connectivity index (χ1n) is 4.67. The molecule has 0 unspecified atom stereocenters. The minimum absolute atomic E-state index is 0.154. The minimum Gasteiger partial charge on any atom is -0.325 e. The van der Waals surface area contributed by atoms with Crippen molar-refractivity contribution < 1.29 is 4.79 Å². The average Bonchev–Trinajstić information content (AvgIpc) is 2.29. The molecular formula is C11H8N4O. The van der Waals surface area contributed by atoms with Gasteiger partial charge in [0.1, 0.15) is 6.42 Å². The molecule has 0 aliphatic heterocycles. The molecule has 5 nitrogen and oxygen atoms in total. The number of nitriles is 1. The second-order valence-electron chi connectivity index (χ2n) is 3.14. The van der Waals surface area contributed by atoms with Gasteiger partial charge in [-0.25, -0.2) is 0 Å². The number of nitrogens with one attached hydrogen (secondary N) is 1. The van der Waals surface area contributed by atoms with Crippen LogP contribution in [0.2, 0.25) is 0 Å². The lowest BCUT2D eigenvalue weighted by molar-refractivity contribution is -0.115. The van der Waals surface area contributed by atoms with Crippen LogP contribution in [0.15, 0.2) is 30.6 Å². The van der Waals surface area contributed by atoms with Crippen molar-refractivity contribution in [1.82, 2.24) is 9.97 Å². The summed E-state index contributed by atoms with van der Waals surface area (Å²) in [7, 11) is 0. The maximum atomic E-state index is 11.2. The molecular weight excluding hydrogens is 204 g/mol. The largest absolute Gasteiger partial charge is 0.325 e. The van der Waals surface area contributed by atoms with Gasteiger partial charge >= 0.3 is 0 Å². The third-order valence-electron chi connectivity index (χ3n) is 1.99. The molecule has 1 aromatic heterocycles. The third-order valence-corrected chi connectivity index (χ3v) is 1.99. The number of carbonyl (C=O) groups excluding carboxylic acids is 1. The molecule has 16 heavy (non-hydrogen) atoms. The topological polar surface area (TPSA) is 78.7 Å². The normalized spacial score (nSPS) is 9.69. The van der Waals surface area contributed by atoms with E-state index < -0.39 is 0 Å². The second-order valence-corrected chi connectivity index (χ2v) is 3.14. The van der Waals surface area contributed by atoms with E-state index in [-0.39, 0.29) is 12.3 Å². The predicted octanol–water partition coefficient (Wildman–Crippen LogP) is 1.48. The highest BCUT2D eigenvalue weighted by molar-refractivity contribution is 5.93. The van der Waals surface area contributed by atoms with Crippen molar-refractivity contribution >= 4 is 22.6 Å². The molecule has 0 spiro atoms. The van der Waals surface area contributed by atoms with Crippen LogP contribution < -0.4 is 5.32 Å². The summed E-state index contributed by atoms with van der Waals surface area (Å²) in [5.41, 5.74) is 2.09. The lowest BCUT2D eigenvalue weighted by Crippen LogP contribution is -2.09. The standard InChI is InChI=1S/C11H8N4O/c12-4-3-11(16)15-8-1-2-9-10(7-8)14-6-5-13-9/h1-2,5-7H,3H2,(H,15,16). The molecule has 1 aromatic carbocycles. The van der Waals surface area contributed by atoms with Crippen LogP contribution in [0.4, 0.5) is 5.69 Å². The van der Waals surface area contributed by atoms with Crippen LogP contribution in [0.3, 0.4) is 0 Å². The quantitative estimate of drug-likeness (QED) is 0.817. The van der Waals surface area contributed by atoms with E-state index in [9.17, 15) is 4.79 Å². The van der Waals surface area contributed by atoms with Gasteiger partial charge in [-0.2, -0.15) is 5.26 Å². The van der Waals surface area contributed by atoms with Crippen molar-refractivity contribution in [1.29, 1.82) is 5.26 Å². The van der Waals surface area contributed by atoms with Gasteiger partial charge in [0.05, 0.1) is 17.1 Å². The lowest BCUT2D eigenvalue weighted by atomic mass is 10.2. The molecule has 0 radical (unpaired) electrons. The molecule has 1 N–H and O–H groups in total. The number of aromatic nitrogens is 2. The second kappa shape index (κ2) is 4.36. The highest BCUT2D eigenvalue weighted by Crippen LogP contribution is 2.14. The summed E-state index contributed by atoms with van der Waals surface area (Å²) in [4.78, 5) is 19.4. The van der Waals surface area contributed by atoms with E-state index in [2.05, 4.69) is 15.3 Å². The zero-order chi connectivity index (χ0) is 11.4. The minimum atomic E-state index is -0.328. The Bertz CT molecular complexity index is 573. The molecule has 1 heterocycles. The highest BCUT2D eigenvalue weighted by Gasteiger charge is 2.02. The molecule has 2 rings (SSSR count). The molecule has 0 saturated carbocycles. The van der Waals surface area contributed by atoms with Crippen molar-refractivity contribution in [3.8, 4) is 6.07 Å². The fourth-order valence-electron chi connectivity index (χ4n) is 1.32. The summed E-state index contributed by atoms with van der Waals surface area (Å²) in [6.07, 6.45) is 3.04. The van der Waals surface area contributed by atoms with Crippen LogP contribution >= 0.6 is 0 Å². The zero-order valence-electron chi connectivity index (χ0n) is 8.34. The van der Waals surface area contributed by atoms with E-state index >= 15 is 0 Å². The van der Waals surface area contributed by atoms with Gasteiger partial charge in [-0.3, -0.25) is 14.8 Å². The molecule has 0 fully saturated rings. The van der Waals surface area contributed by atoms with Crippen molar-refractivity contribution in [3.05, 3.63) is 30.6 Å². The SMILES string of the molecule is N#CCC(=O)Nc1ccc2nccnc2c1. The summed E-state index contributed by atoms with van der Waals surface area (Å²) in [6.45, 7) is 0. The third kappa shape index (κ3) is 2.12. The van der Waals surface area contributed by atoms with Gasteiger partial charge < -0.3 is 5.32 Å². The Morgan fingerprint density at radius 3 is 2.81 bits per heavy atom. The Hall–Kier alpha value is -2.48. The number of fused-ring (bicyclic) bond motifs is 1. The molecule has 0 bridgehead atoms. The van der Waals surface area contributed by atoms with E-state index in [0.29, 0.717) is 11.2 Å². The smallest absolute Gasteiger partial charge is 0.238 e. The predicted molar refractivity (Wildman–Crippen MR) is 58.4 cm³/mol. The molecule has 5 heteroatoms. The highest BCUT2D eigenvalue weighted by atomic mass is 16.1. The van der Waals surface area contributed by atoms with Crippen LogP contribution in [-0.2, 0) is 4.79 Å². The molecule has 2 aromatic rings. The summed E-state index contributed by atoms with van der Waals surface area (Å²) in [6, 6.07) is 7.00. The monoisotopic (exact) mass is 212 g/mol. The van der Waals surface area contributed by atoms with E-state index in [0.717, 1.165) is 5.52 Å². The Morgan fingerprint density at radius 2 is 2.06 bits per heavy atom. The number of hydrogen-bond acceptors (Lipinski definition) is 4. The zero-order valence-corrected chi connectivity index (χ0v) is 8.34. The Kier molecular flexibility index (Phi) is 2.74. The average molecular weight is 212 g/mol. The van der Waals surface area contributed by atoms with Crippen molar-refractivity contribution in [2.75, 3.05) is 5.32 Å². The molecule has 1 amide bonds. The summed E-state index contributed by atoms with van der Waals surface area (Å²) in [5.74, 6) is -0.328. The van der Waals surface area contributed by atoms with Gasteiger partial charge in [0.2, 0.25) is 5.91 Å². The Morgan fingerprint density at radius 1 is 1.31 bits per heavy atom. The molecule has 0 saturated heterocycles. The number of hydrogen-bond donors (Lipinski definition) is 1. The first-order valence-corrected chi connectivity index (χ1v) is 4.67. The molecule has 0 aliphatic carbocycles.